The number of rotatable bonds is 6. The monoisotopic (exact) mass is 369 g/mol. The van der Waals surface area contributed by atoms with Crippen LogP contribution >= 0.6 is 0 Å². The van der Waals surface area contributed by atoms with Crippen molar-refractivity contribution in [3.05, 3.63) is 65.2 Å². The first-order valence-corrected chi connectivity index (χ1v) is 9.74. The molecule has 26 heavy (non-hydrogen) atoms. The number of hydrogen-bond acceptors (Lipinski definition) is 4. The Labute approximate surface area is 153 Å². The zero-order chi connectivity index (χ0) is 18.7. The summed E-state index contributed by atoms with van der Waals surface area (Å²) in [5.74, 6) is -0.266. The minimum absolute atomic E-state index is 0.0124. The highest BCUT2D eigenvalue weighted by molar-refractivity contribution is 7.89. The molecule has 1 amide bonds. The van der Waals surface area contributed by atoms with E-state index in [9.17, 15) is 13.2 Å². The summed E-state index contributed by atoms with van der Waals surface area (Å²) in [5, 5.41) is 8.83. The van der Waals surface area contributed by atoms with E-state index in [1.54, 1.807) is 43.4 Å². The van der Waals surface area contributed by atoms with E-state index in [-0.39, 0.29) is 16.8 Å². The maximum atomic E-state index is 12.6. The van der Waals surface area contributed by atoms with Crippen molar-refractivity contribution >= 4 is 15.9 Å². The number of benzene rings is 2. The molecule has 0 radical (unpaired) electrons. The van der Waals surface area contributed by atoms with Crippen LogP contribution in [-0.2, 0) is 16.6 Å². The molecule has 0 spiro atoms. The van der Waals surface area contributed by atoms with Crippen molar-refractivity contribution in [2.75, 3.05) is 7.05 Å². The van der Waals surface area contributed by atoms with Gasteiger partial charge >= 0.3 is 0 Å². The SMILES string of the molecule is CN(Cc1ccc(C#N)cc1)C(=O)c1cccc(S(=O)(=O)NC2CC2)c1. The predicted molar refractivity (Wildman–Crippen MR) is 96.7 cm³/mol. The highest BCUT2D eigenvalue weighted by Gasteiger charge is 2.28. The van der Waals surface area contributed by atoms with Gasteiger partial charge in [-0.1, -0.05) is 18.2 Å². The molecule has 7 heteroatoms. The minimum Gasteiger partial charge on any atom is -0.337 e. The van der Waals surface area contributed by atoms with Gasteiger partial charge in [-0.3, -0.25) is 4.79 Å². The van der Waals surface area contributed by atoms with Crippen LogP contribution < -0.4 is 4.72 Å². The molecular formula is C19H19N3O3S. The summed E-state index contributed by atoms with van der Waals surface area (Å²) < 4.78 is 27.2. The Morgan fingerprint density at radius 3 is 2.54 bits per heavy atom. The molecule has 134 valence electrons. The van der Waals surface area contributed by atoms with Crippen LogP contribution in [0.5, 0.6) is 0 Å². The zero-order valence-corrected chi connectivity index (χ0v) is 15.2. The molecule has 1 aliphatic rings. The smallest absolute Gasteiger partial charge is 0.253 e. The summed E-state index contributed by atoms with van der Waals surface area (Å²) in [4.78, 5) is 14.3. The van der Waals surface area contributed by atoms with E-state index in [1.807, 2.05) is 0 Å². The van der Waals surface area contributed by atoms with Crippen LogP contribution in [0.25, 0.3) is 0 Å². The van der Waals surface area contributed by atoms with Crippen molar-refractivity contribution < 1.29 is 13.2 Å². The number of hydrogen-bond donors (Lipinski definition) is 1. The molecule has 1 saturated carbocycles. The number of carbonyl (C=O) groups excluding carboxylic acids is 1. The molecule has 1 aliphatic carbocycles. The maximum Gasteiger partial charge on any atom is 0.253 e. The average Bonchev–Trinajstić information content (AvgIpc) is 3.45. The van der Waals surface area contributed by atoms with Crippen molar-refractivity contribution in [3.63, 3.8) is 0 Å². The molecule has 0 atom stereocenters. The van der Waals surface area contributed by atoms with Crippen LogP contribution in [0.15, 0.2) is 53.4 Å². The topological polar surface area (TPSA) is 90.3 Å². The summed E-state index contributed by atoms with van der Waals surface area (Å²) in [6.07, 6.45) is 1.70. The third-order valence-electron chi connectivity index (χ3n) is 4.14. The fourth-order valence-corrected chi connectivity index (χ4v) is 3.89. The summed E-state index contributed by atoms with van der Waals surface area (Å²) in [6.45, 7) is 0.363. The first-order chi connectivity index (χ1) is 12.4. The fourth-order valence-electron chi connectivity index (χ4n) is 2.54. The number of sulfonamides is 1. The van der Waals surface area contributed by atoms with Gasteiger partial charge in [0.2, 0.25) is 10.0 Å². The van der Waals surface area contributed by atoms with Crippen LogP contribution in [0.4, 0.5) is 0 Å². The molecule has 2 aromatic rings. The Bertz CT molecular complexity index is 958. The van der Waals surface area contributed by atoms with Crippen LogP contribution in [-0.4, -0.2) is 32.3 Å². The standard InChI is InChI=1S/C19H19N3O3S/c1-22(13-15-7-5-14(12-20)6-8-15)19(23)16-3-2-4-18(11-16)26(24,25)21-17-9-10-17/h2-8,11,17,21H,9-10,13H2,1H3. The molecule has 2 aromatic carbocycles. The number of nitrogens with one attached hydrogen (secondary N) is 1. The Morgan fingerprint density at radius 1 is 1.23 bits per heavy atom. The van der Waals surface area contributed by atoms with Crippen LogP contribution in [0.3, 0.4) is 0 Å². The molecule has 0 aromatic heterocycles. The Kier molecular flexibility index (Phi) is 5.07. The summed E-state index contributed by atoms with van der Waals surface area (Å²) in [6, 6.07) is 15.1. The Balaban J connectivity index is 1.74. The highest BCUT2D eigenvalue weighted by atomic mass is 32.2. The molecule has 1 N–H and O–H groups in total. The van der Waals surface area contributed by atoms with Gasteiger partial charge in [0.05, 0.1) is 16.5 Å². The molecule has 1 fully saturated rings. The van der Waals surface area contributed by atoms with E-state index in [4.69, 9.17) is 5.26 Å². The van der Waals surface area contributed by atoms with Gasteiger partial charge in [-0.05, 0) is 48.7 Å². The number of nitriles is 1. The minimum atomic E-state index is -3.60. The van der Waals surface area contributed by atoms with Gasteiger partial charge in [-0.15, -0.1) is 0 Å². The summed E-state index contributed by atoms with van der Waals surface area (Å²) in [7, 11) is -1.94. The average molecular weight is 369 g/mol. The molecule has 3 rings (SSSR count). The lowest BCUT2D eigenvalue weighted by Crippen LogP contribution is -2.28. The van der Waals surface area contributed by atoms with Gasteiger partial charge in [0, 0.05) is 25.2 Å². The molecule has 6 nitrogen and oxygen atoms in total. The second kappa shape index (κ2) is 7.28. The lowest BCUT2D eigenvalue weighted by atomic mass is 10.1. The third-order valence-corrected chi connectivity index (χ3v) is 5.66. The van der Waals surface area contributed by atoms with Gasteiger partial charge in [0.25, 0.3) is 5.91 Å². The Morgan fingerprint density at radius 2 is 1.92 bits per heavy atom. The van der Waals surface area contributed by atoms with E-state index in [0.29, 0.717) is 17.7 Å². The van der Waals surface area contributed by atoms with Crippen LogP contribution in [0.2, 0.25) is 0 Å². The molecule has 0 aliphatic heterocycles. The van der Waals surface area contributed by atoms with Crippen molar-refractivity contribution in [2.45, 2.75) is 30.3 Å². The van der Waals surface area contributed by atoms with E-state index in [0.717, 1.165) is 18.4 Å². The zero-order valence-electron chi connectivity index (χ0n) is 14.3. The fraction of sp³-hybridized carbons (Fsp3) is 0.263. The van der Waals surface area contributed by atoms with Crippen LogP contribution in [0.1, 0.15) is 34.3 Å². The van der Waals surface area contributed by atoms with Gasteiger partial charge in [-0.2, -0.15) is 5.26 Å². The molecular weight excluding hydrogens is 350 g/mol. The highest BCUT2D eigenvalue weighted by Crippen LogP contribution is 2.22. The summed E-state index contributed by atoms with van der Waals surface area (Å²) >= 11 is 0. The Hall–Kier alpha value is -2.69. The van der Waals surface area contributed by atoms with Gasteiger partial charge in [0.1, 0.15) is 0 Å². The maximum absolute atomic E-state index is 12.6. The quantitative estimate of drug-likeness (QED) is 0.846. The van der Waals surface area contributed by atoms with Crippen molar-refractivity contribution in [1.29, 1.82) is 5.26 Å². The normalized spacial score (nSPS) is 13.8. The molecule has 0 unspecified atom stereocenters. The second-order valence-electron chi connectivity index (χ2n) is 6.39. The lowest BCUT2D eigenvalue weighted by molar-refractivity contribution is 0.0785. The molecule has 0 heterocycles. The summed E-state index contributed by atoms with van der Waals surface area (Å²) in [5.41, 5.74) is 1.77. The van der Waals surface area contributed by atoms with Crippen molar-refractivity contribution in [3.8, 4) is 6.07 Å². The van der Waals surface area contributed by atoms with E-state index < -0.39 is 10.0 Å². The van der Waals surface area contributed by atoms with E-state index in [1.165, 1.54) is 17.0 Å². The van der Waals surface area contributed by atoms with Crippen molar-refractivity contribution in [2.24, 2.45) is 0 Å². The second-order valence-corrected chi connectivity index (χ2v) is 8.11. The number of amides is 1. The van der Waals surface area contributed by atoms with Gasteiger partial charge in [-0.25, -0.2) is 13.1 Å². The van der Waals surface area contributed by atoms with Crippen LogP contribution in [0, 0.1) is 11.3 Å². The number of carbonyl (C=O) groups is 1. The molecule has 0 saturated heterocycles. The van der Waals surface area contributed by atoms with Gasteiger partial charge in [0.15, 0.2) is 0 Å². The van der Waals surface area contributed by atoms with E-state index >= 15 is 0 Å². The first kappa shape index (κ1) is 18.1. The lowest BCUT2D eigenvalue weighted by Gasteiger charge is -2.18. The third kappa shape index (κ3) is 4.28. The molecule has 0 bridgehead atoms. The predicted octanol–water partition coefficient (Wildman–Crippen LogP) is 2.27. The first-order valence-electron chi connectivity index (χ1n) is 8.26. The van der Waals surface area contributed by atoms with Crippen molar-refractivity contribution in [1.82, 2.24) is 9.62 Å². The van der Waals surface area contributed by atoms with Gasteiger partial charge < -0.3 is 4.90 Å². The number of nitrogens with zero attached hydrogens (tertiary/aromatic N) is 2. The largest absolute Gasteiger partial charge is 0.337 e. The van der Waals surface area contributed by atoms with E-state index in [2.05, 4.69) is 10.8 Å².